The smallest absolute Gasteiger partial charge is 0.383 e. The van der Waals surface area contributed by atoms with Crippen molar-refractivity contribution in [1.29, 1.82) is 0 Å². The van der Waals surface area contributed by atoms with Crippen LogP contribution in [0.5, 0.6) is 0 Å². The molecule has 0 N–H and O–H groups in total. The van der Waals surface area contributed by atoms with Gasteiger partial charge in [-0.05, 0) is 5.56 Å². The molecule has 0 atom stereocenters. The molecule has 0 saturated carbocycles. The Morgan fingerprint density at radius 2 is 1.73 bits per heavy atom. The molecule has 1 aromatic rings. The van der Waals surface area contributed by atoms with Gasteiger partial charge in [0.15, 0.2) is 0 Å². The molecular weight excluding hydrogens is 196 g/mol. The van der Waals surface area contributed by atoms with Crippen LogP contribution < -0.4 is 0 Å². The highest BCUT2D eigenvalue weighted by Crippen LogP contribution is 2.00. The Hall–Kier alpha value is -1.97. The Kier molecular flexibility index (Phi) is 3.74. The number of hydrogen-bond donors (Lipinski definition) is 0. The summed E-state index contributed by atoms with van der Waals surface area (Å²) in [5.74, 6) is -3.04. The van der Waals surface area contributed by atoms with Gasteiger partial charge in [0, 0.05) is 6.92 Å². The predicted octanol–water partition coefficient (Wildman–Crippen LogP) is 0.888. The van der Waals surface area contributed by atoms with Gasteiger partial charge in [-0.2, -0.15) is 0 Å². The lowest BCUT2D eigenvalue weighted by molar-refractivity contribution is -0.157. The van der Waals surface area contributed by atoms with Gasteiger partial charge in [0.1, 0.15) is 6.61 Å². The minimum absolute atomic E-state index is 0.00130. The molecule has 4 nitrogen and oxygen atoms in total. The van der Waals surface area contributed by atoms with Crippen molar-refractivity contribution in [3.8, 4) is 0 Å². The zero-order chi connectivity index (χ0) is 11.3. The molecule has 0 spiro atoms. The predicted molar refractivity (Wildman–Crippen MR) is 51.9 cm³/mol. The Labute approximate surface area is 86.9 Å². The van der Waals surface area contributed by atoms with Crippen LogP contribution in [0.1, 0.15) is 12.5 Å². The number of rotatable bonds is 4. The number of ether oxygens (including phenoxy) is 1. The molecule has 0 fully saturated rings. The van der Waals surface area contributed by atoms with E-state index in [-0.39, 0.29) is 6.61 Å². The first-order valence-corrected chi connectivity index (χ1v) is 4.37. The molecule has 1 aromatic carbocycles. The summed E-state index contributed by atoms with van der Waals surface area (Å²) in [6, 6.07) is 8.91. The molecule has 0 aliphatic carbocycles. The van der Waals surface area contributed by atoms with E-state index in [0.29, 0.717) is 0 Å². The minimum Gasteiger partial charge on any atom is -0.455 e. The van der Waals surface area contributed by atoms with E-state index in [0.717, 1.165) is 12.5 Å². The summed E-state index contributed by atoms with van der Waals surface area (Å²) < 4.78 is 4.64. The summed E-state index contributed by atoms with van der Waals surface area (Å²) >= 11 is 0. The van der Waals surface area contributed by atoms with Gasteiger partial charge < -0.3 is 4.74 Å². The van der Waals surface area contributed by atoms with E-state index in [2.05, 4.69) is 4.74 Å². The lowest BCUT2D eigenvalue weighted by atomic mass is 10.2. The van der Waals surface area contributed by atoms with Crippen molar-refractivity contribution in [3.63, 3.8) is 0 Å². The normalized spacial score (nSPS) is 9.40. The van der Waals surface area contributed by atoms with E-state index in [9.17, 15) is 14.4 Å². The fourth-order valence-electron chi connectivity index (χ4n) is 0.932. The van der Waals surface area contributed by atoms with E-state index < -0.39 is 17.5 Å². The van der Waals surface area contributed by atoms with Crippen LogP contribution in [0, 0.1) is 0 Å². The summed E-state index contributed by atoms with van der Waals surface area (Å²) in [6.07, 6.45) is 0. The second-order valence-electron chi connectivity index (χ2n) is 2.95. The van der Waals surface area contributed by atoms with Gasteiger partial charge in [0.05, 0.1) is 0 Å². The van der Waals surface area contributed by atoms with Crippen molar-refractivity contribution in [2.24, 2.45) is 0 Å². The molecule has 0 aromatic heterocycles. The SMILES string of the molecule is CC(=O)C(=O)C(=O)OCc1ccccc1. The van der Waals surface area contributed by atoms with Crippen molar-refractivity contribution in [3.05, 3.63) is 35.9 Å². The van der Waals surface area contributed by atoms with Gasteiger partial charge in [-0.1, -0.05) is 30.3 Å². The first-order chi connectivity index (χ1) is 7.11. The van der Waals surface area contributed by atoms with Crippen molar-refractivity contribution < 1.29 is 19.1 Å². The molecule has 15 heavy (non-hydrogen) atoms. The van der Waals surface area contributed by atoms with E-state index in [1.54, 1.807) is 24.3 Å². The lowest BCUT2D eigenvalue weighted by Gasteiger charge is -2.01. The van der Waals surface area contributed by atoms with E-state index >= 15 is 0 Å². The van der Waals surface area contributed by atoms with Crippen LogP contribution in [0.15, 0.2) is 30.3 Å². The van der Waals surface area contributed by atoms with Crippen LogP contribution in [0.25, 0.3) is 0 Å². The second-order valence-corrected chi connectivity index (χ2v) is 2.95. The zero-order valence-corrected chi connectivity index (χ0v) is 8.23. The number of carbonyl (C=O) groups excluding carboxylic acids is 3. The van der Waals surface area contributed by atoms with Gasteiger partial charge >= 0.3 is 11.8 Å². The molecule has 0 saturated heterocycles. The molecule has 0 aliphatic heterocycles. The van der Waals surface area contributed by atoms with Crippen LogP contribution in [0.2, 0.25) is 0 Å². The zero-order valence-electron chi connectivity index (χ0n) is 8.23. The monoisotopic (exact) mass is 206 g/mol. The number of carbonyl (C=O) groups is 3. The van der Waals surface area contributed by atoms with E-state index in [1.807, 2.05) is 6.07 Å². The Bertz CT molecular complexity index is 381. The summed E-state index contributed by atoms with van der Waals surface area (Å²) in [5.41, 5.74) is 0.766. The average molecular weight is 206 g/mol. The molecule has 1 rings (SSSR count). The lowest BCUT2D eigenvalue weighted by Crippen LogP contribution is -2.23. The number of ketones is 2. The minimum atomic E-state index is -1.12. The molecule has 0 unspecified atom stereocenters. The van der Waals surface area contributed by atoms with E-state index in [1.165, 1.54) is 0 Å². The van der Waals surface area contributed by atoms with Gasteiger partial charge in [-0.25, -0.2) is 4.79 Å². The van der Waals surface area contributed by atoms with Crippen LogP contribution >= 0.6 is 0 Å². The highest BCUT2D eigenvalue weighted by molar-refractivity contribution is 6.61. The van der Waals surface area contributed by atoms with Crippen LogP contribution in [0.3, 0.4) is 0 Å². The highest BCUT2D eigenvalue weighted by atomic mass is 16.5. The summed E-state index contributed by atoms with van der Waals surface area (Å²) in [4.78, 5) is 32.4. The maximum absolute atomic E-state index is 11.0. The first-order valence-electron chi connectivity index (χ1n) is 4.37. The number of esters is 1. The third-order valence-electron chi connectivity index (χ3n) is 1.72. The molecule has 0 aliphatic rings. The molecule has 0 bridgehead atoms. The third-order valence-corrected chi connectivity index (χ3v) is 1.72. The van der Waals surface area contributed by atoms with Gasteiger partial charge in [-0.3, -0.25) is 9.59 Å². The molecule has 4 heteroatoms. The van der Waals surface area contributed by atoms with Crippen LogP contribution in [-0.2, 0) is 25.7 Å². The maximum atomic E-state index is 11.0. The van der Waals surface area contributed by atoms with Crippen LogP contribution in [0.4, 0.5) is 0 Å². The fraction of sp³-hybridized carbons (Fsp3) is 0.182. The van der Waals surface area contributed by atoms with Gasteiger partial charge in [0.2, 0.25) is 5.78 Å². The molecular formula is C11H10O4. The molecule has 0 heterocycles. The van der Waals surface area contributed by atoms with Crippen molar-refractivity contribution in [2.45, 2.75) is 13.5 Å². The molecule has 0 amide bonds. The van der Waals surface area contributed by atoms with Gasteiger partial charge in [0.25, 0.3) is 0 Å². The van der Waals surface area contributed by atoms with Crippen LogP contribution in [-0.4, -0.2) is 17.5 Å². The van der Waals surface area contributed by atoms with Gasteiger partial charge in [-0.15, -0.1) is 0 Å². The highest BCUT2D eigenvalue weighted by Gasteiger charge is 2.19. The van der Waals surface area contributed by atoms with Crippen molar-refractivity contribution in [1.82, 2.24) is 0 Å². The fourth-order valence-corrected chi connectivity index (χ4v) is 0.932. The quantitative estimate of drug-likeness (QED) is 0.417. The Balaban J connectivity index is 2.48. The van der Waals surface area contributed by atoms with E-state index in [4.69, 9.17) is 0 Å². The Morgan fingerprint density at radius 1 is 1.13 bits per heavy atom. The average Bonchev–Trinajstić information content (AvgIpc) is 2.26. The molecule has 0 radical (unpaired) electrons. The third kappa shape index (κ3) is 3.34. The summed E-state index contributed by atoms with van der Waals surface area (Å²) in [6.45, 7) is 1.03. The van der Waals surface area contributed by atoms with Crippen molar-refractivity contribution >= 4 is 17.5 Å². The maximum Gasteiger partial charge on any atom is 0.383 e. The van der Waals surface area contributed by atoms with Crippen molar-refractivity contribution in [2.75, 3.05) is 0 Å². The Morgan fingerprint density at radius 3 is 2.27 bits per heavy atom. The summed E-state index contributed by atoms with van der Waals surface area (Å²) in [5, 5.41) is 0. The number of benzene rings is 1. The standard InChI is InChI=1S/C11H10O4/c1-8(12)10(13)11(14)15-7-9-5-3-2-4-6-9/h2-6H,7H2,1H3. The number of Topliss-reactive ketones (excluding diaryl/α,β-unsaturated/α-hetero) is 2. The topological polar surface area (TPSA) is 60.4 Å². The largest absolute Gasteiger partial charge is 0.455 e. The second kappa shape index (κ2) is 5.05. The summed E-state index contributed by atoms with van der Waals surface area (Å²) in [7, 11) is 0. The first kappa shape index (κ1) is 11.1. The molecule has 78 valence electrons. The number of hydrogen-bond acceptors (Lipinski definition) is 4.